The van der Waals surface area contributed by atoms with Crippen LogP contribution in [0.2, 0.25) is 0 Å². The maximum absolute atomic E-state index is 12.1. The first-order chi connectivity index (χ1) is 9.45. The van der Waals surface area contributed by atoms with Crippen LogP contribution in [0.15, 0.2) is 24.3 Å². The highest BCUT2D eigenvalue weighted by atomic mass is 16.3. The molecule has 1 aliphatic rings. The predicted molar refractivity (Wildman–Crippen MR) is 76.3 cm³/mol. The number of likely N-dealkylation sites (tertiary alicyclic amines) is 1. The number of anilines is 1. The Morgan fingerprint density at radius 3 is 2.25 bits per heavy atom. The highest BCUT2D eigenvalue weighted by Gasteiger charge is 2.29. The molecule has 108 valence electrons. The molecule has 1 fully saturated rings. The highest BCUT2D eigenvalue weighted by molar-refractivity contribution is 6.39. The number of hydrogen-bond donors (Lipinski definition) is 2. The van der Waals surface area contributed by atoms with E-state index in [0.717, 1.165) is 6.42 Å². The van der Waals surface area contributed by atoms with Gasteiger partial charge in [-0.2, -0.15) is 0 Å². The first-order valence-electron chi connectivity index (χ1n) is 6.85. The van der Waals surface area contributed by atoms with Crippen LogP contribution in [0.3, 0.4) is 0 Å². The van der Waals surface area contributed by atoms with Crippen LogP contribution in [0.1, 0.15) is 20.3 Å². The minimum Gasteiger partial charge on any atom is -0.508 e. The molecule has 1 saturated heterocycles. The van der Waals surface area contributed by atoms with Crippen LogP contribution in [0.4, 0.5) is 5.69 Å². The number of piperidine rings is 1. The van der Waals surface area contributed by atoms with E-state index in [2.05, 4.69) is 19.2 Å². The number of nitrogens with zero attached hydrogens (tertiary/aromatic N) is 1. The molecule has 1 heterocycles. The Labute approximate surface area is 118 Å². The summed E-state index contributed by atoms with van der Waals surface area (Å²) in [6.07, 6.45) is 1.09. The van der Waals surface area contributed by atoms with Crippen LogP contribution in [-0.4, -0.2) is 34.9 Å². The van der Waals surface area contributed by atoms with Crippen molar-refractivity contribution in [1.29, 1.82) is 0 Å². The Morgan fingerprint density at radius 1 is 1.15 bits per heavy atom. The average Bonchev–Trinajstić information content (AvgIpc) is 2.39. The molecule has 1 aliphatic heterocycles. The van der Waals surface area contributed by atoms with Crippen molar-refractivity contribution in [3.63, 3.8) is 0 Å². The molecule has 20 heavy (non-hydrogen) atoms. The zero-order valence-corrected chi connectivity index (χ0v) is 11.8. The number of aromatic hydroxyl groups is 1. The number of hydrogen-bond acceptors (Lipinski definition) is 3. The number of benzene rings is 1. The molecule has 0 aromatic heterocycles. The van der Waals surface area contributed by atoms with Gasteiger partial charge in [-0.25, -0.2) is 0 Å². The molecular formula is C15H20N2O3. The summed E-state index contributed by atoms with van der Waals surface area (Å²) in [6.45, 7) is 5.44. The van der Waals surface area contributed by atoms with Crippen molar-refractivity contribution in [2.45, 2.75) is 20.3 Å². The number of carbonyl (C=O) groups is 2. The Hall–Kier alpha value is -2.04. The number of phenolic OH excluding ortho intramolecular Hbond substituents is 1. The highest BCUT2D eigenvalue weighted by Crippen LogP contribution is 2.21. The van der Waals surface area contributed by atoms with E-state index in [1.54, 1.807) is 17.0 Å². The van der Waals surface area contributed by atoms with E-state index in [1.165, 1.54) is 12.1 Å². The third-order valence-electron chi connectivity index (χ3n) is 3.48. The van der Waals surface area contributed by atoms with E-state index in [-0.39, 0.29) is 5.75 Å². The van der Waals surface area contributed by atoms with E-state index in [0.29, 0.717) is 30.6 Å². The lowest BCUT2D eigenvalue weighted by Crippen LogP contribution is -2.47. The summed E-state index contributed by atoms with van der Waals surface area (Å²) in [6, 6.07) is 6.04. The molecule has 0 bridgehead atoms. The van der Waals surface area contributed by atoms with E-state index in [4.69, 9.17) is 0 Å². The summed E-state index contributed by atoms with van der Waals surface area (Å²) >= 11 is 0. The van der Waals surface area contributed by atoms with Gasteiger partial charge >= 0.3 is 11.8 Å². The van der Waals surface area contributed by atoms with Crippen LogP contribution in [0.25, 0.3) is 0 Å². The Morgan fingerprint density at radius 2 is 1.70 bits per heavy atom. The van der Waals surface area contributed by atoms with Gasteiger partial charge in [0, 0.05) is 18.8 Å². The van der Waals surface area contributed by atoms with Gasteiger partial charge in [0.2, 0.25) is 0 Å². The summed E-state index contributed by atoms with van der Waals surface area (Å²) in [5.41, 5.74) is 0.499. The van der Waals surface area contributed by atoms with E-state index < -0.39 is 11.8 Å². The minimum absolute atomic E-state index is 0.119. The van der Waals surface area contributed by atoms with Crippen molar-refractivity contribution < 1.29 is 14.7 Å². The molecule has 2 N–H and O–H groups in total. The largest absolute Gasteiger partial charge is 0.508 e. The Bertz CT molecular complexity index is 488. The molecule has 5 heteroatoms. The maximum Gasteiger partial charge on any atom is 0.313 e. The second kappa shape index (κ2) is 5.94. The number of nitrogens with one attached hydrogen (secondary N) is 1. The molecule has 0 spiro atoms. The zero-order chi connectivity index (χ0) is 14.7. The van der Waals surface area contributed by atoms with Crippen LogP contribution in [0.5, 0.6) is 5.75 Å². The van der Waals surface area contributed by atoms with Crippen molar-refractivity contribution in [1.82, 2.24) is 4.90 Å². The van der Waals surface area contributed by atoms with Gasteiger partial charge in [-0.3, -0.25) is 9.59 Å². The number of phenols is 1. The minimum atomic E-state index is -0.628. The normalized spacial score (nSPS) is 22.4. The number of carbonyl (C=O) groups excluding carboxylic acids is 2. The Balaban J connectivity index is 1.98. The first-order valence-corrected chi connectivity index (χ1v) is 6.85. The fraction of sp³-hybridized carbons (Fsp3) is 0.467. The quantitative estimate of drug-likeness (QED) is 0.607. The van der Waals surface area contributed by atoms with E-state index in [9.17, 15) is 14.7 Å². The van der Waals surface area contributed by atoms with Gasteiger partial charge in [0.1, 0.15) is 5.75 Å². The maximum atomic E-state index is 12.1. The predicted octanol–water partition coefficient (Wildman–Crippen LogP) is 1.84. The summed E-state index contributed by atoms with van der Waals surface area (Å²) in [5, 5.41) is 11.7. The molecule has 2 unspecified atom stereocenters. The monoisotopic (exact) mass is 276 g/mol. The molecule has 2 atom stereocenters. The summed E-state index contributed by atoms with van der Waals surface area (Å²) in [5.74, 6) is -0.158. The lowest BCUT2D eigenvalue weighted by Gasteiger charge is -2.34. The third kappa shape index (κ3) is 3.50. The van der Waals surface area contributed by atoms with E-state index in [1.807, 2.05) is 0 Å². The standard InChI is InChI=1S/C15H20N2O3/c1-10-7-11(2)9-17(8-10)15(20)14(19)16-12-3-5-13(18)6-4-12/h3-6,10-11,18H,7-9H2,1-2H3,(H,16,19). The second-order valence-electron chi connectivity index (χ2n) is 5.66. The van der Waals surface area contributed by atoms with Crippen molar-refractivity contribution in [2.24, 2.45) is 11.8 Å². The van der Waals surface area contributed by atoms with Crippen molar-refractivity contribution in [3.8, 4) is 5.75 Å². The van der Waals surface area contributed by atoms with Gasteiger partial charge < -0.3 is 15.3 Å². The van der Waals surface area contributed by atoms with Crippen molar-refractivity contribution in [2.75, 3.05) is 18.4 Å². The summed E-state index contributed by atoms with van der Waals surface area (Å²) in [7, 11) is 0. The van der Waals surface area contributed by atoms with Gasteiger partial charge in [0.15, 0.2) is 0 Å². The number of amides is 2. The molecule has 5 nitrogen and oxygen atoms in total. The van der Waals surface area contributed by atoms with Gasteiger partial charge in [-0.05, 0) is 42.5 Å². The fourth-order valence-electron chi connectivity index (χ4n) is 2.70. The van der Waals surface area contributed by atoms with Crippen LogP contribution in [0, 0.1) is 11.8 Å². The van der Waals surface area contributed by atoms with Gasteiger partial charge in [-0.1, -0.05) is 13.8 Å². The lowest BCUT2D eigenvalue weighted by atomic mass is 9.92. The lowest BCUT2D eigenvalue weighted by molar-refractivity contribution is -0.144. The van der Waals surface area contributed by atoms with Crippen LogP contribution >= 0.6 is 0 Å². The molecule has 2 amide bonds. The average molecular weight is 276 g/mol. The smallest absolute Gasteiger partial charge is 0.313 e. The molecular weight excluding hydrogens is 256 g/mol. The van der Waals surface area contributed by atoms with Gasteiger partial charge in [0.05, 0.1) is 0 Å². The third-order valence-corrected chi connectivity index (χ3v) is 3.48. The molecule has 2 rings (SSSR count). The summed E-state index contributed by atoms with van der Waals surface area (Å²) in [4.78, 5) is 25.7. The van der Waals surface area contributed by atoms with Crippen molar-refractivity contribution >= 4 is 17.5 Å². The van der Waals surface area contributed by atoms with Gasteiger partial charge in [-0.15, -0.1) is 0 Å². The molecule has 0 saturated carbocycles. The second-order valence-corrected chi connectivity index (χ2v) is 5.66. The Kier molecular flexibility index (Phi) is 4.27. The van der Waals surface area contributed by atoms with Crippen LogP contribution < -0.4 is 5.32 Å². The molecule has 1 aromatic rings. The van der Waals surface area contributed by atoms with E-state index >= 15 is 0 Å². The van der Waals surface area contributed by atoms with Crippen LogP contribution in [-0.2, 0) is 9.59 Å². The first kappa shape index (κ1) is 14.4. The SMILES string of the molecule is CC1CC(C)CN(C(=O)C(=O)Nc2ccc(O)cc2)C1. The number of rotatable bonds is 1. The molecule has 0 aliphatic carbocycles. The van der Waals surface area contributed by atoms with Crippen molar-refractivity contribution in [3.05, 3.63) is 24.3 Å². The zero-order valence-electron chi connectivity index (χ0n) is 11.8. The fourth-order valence-corrected chi connectivity index (χ4v) is 2.70. The topological polar surface area (TPSA) is 69.6 Å². The van der Waals surface area contributed by atoms with Gasteiger partial charge in [0.25, 0.3) is 0 Å². The summed E-state index contributed by atoms with van der Waals surface area (Å²) < 4.78 is 0. The molecule has 0 radical (unpaired) electrons. The molecule has 1 aromatic carbocycles.